The molecule has 0 aromatic rings. The highest BCUT2D eigenvalue weighted by Gasteiger charge is 2.37. The van der Waals surface area contributed by atoms with Gasteiger partial charge in [-0.3, -0.25) is 0 Å². The van der Waals surface area contributed by atoms with E-state index in [2.05, 4.69) is 5.16 Å². The molecule has 0 radical (unpaired) electrons. The lowest BCUT2D eigenvalue weighted by atomic mass is 10.0. The van der Waals surface area contributed by atoms with Crippen molar-refractivity contribution in [2.75, 3.05) is 6.61 Å². The molecular formula is C7H11NO2. The highest BCUT2D eigenvalue weighted by Crippen LogP contribution is 2.33. The molecule has 3 nitrogen and oxygen atoms in total. The molecule has 0 spiro atoms. The van der Waals surface area contributed by atoms with Gasteiger partial charge in [-0.1, -0.05) is 5.16 Å². The molecule has 0 bridgehead atoms. The van der Waals surface area contributed by atoms with Gasteiger partial charge in [-0.15, -0.1) is 0 Å². The molecule has 1 fully saturated rings. The van der Waals surface area contributed by atoms with E-state index in [1.165, 1.54) is 6.42 Å². The molecule has 1 saturated carbocycles. The Morgan fingerprint density at radius 3 is 3.30 bits per heavy atom. The van der Waals surface area contributed by atoms with Crippen molar-refractivity contribution in [3.05, 3.63) is 0 Å². The molecule has 1 aliphatic heterocycles. The predicted octanol–water partition coefficient (Wildman–Crippen LogP) is 0.534. The molecule has 1 aliphatic carbocycles. The zero-order chi connectivity index (χ0) is 6.97. The summed E-state index contributed by atoms with van der Waals surface area (Å²) >= 11 is 0. The molecule has 1 heterocycles. The Morgan fingerprint density at radius 2 is 2.50 bits per heavy atom. The number of rotatable bonds is 1. The zero-order valence-electron chi connectivity index (χ0n) is 5.79. The van der Waals surface area contributed by atoms with Gasteiger partial charge in [-0.25, -0.2) is 0 Å². The molecule has 0 saturated heterocycles. The van der Waals surface area contributed by atoms with E-state index in [9.17, 15) is 0 Å². The third-order valence-corrected chi connectivity index (χ3v) is 2.35. The minimum Gasteiger partial charge on any atom is -0.392 e. The van der Waals surface area contributed by atoms with Crippen molar-refractivity contribution in [2.45, 2.75) is 25.4 Å². The molecule has 56 valence electrons. The van der Waals surface area contributed by atoms with Crippen LogP contribution in [0.1, 0.15) is 19.3 Å². The number of oxime groups is 1. The molecule has 2 atom stereocenters. The fourth-order valence-corrected chi connectivity index (χ4v) is 1.78. The van der Waals surface area contributed by atoms with E-state index in [0.29, 0.717) is 12.0 Å². The van der Waals surface area contributed by atoms with Crippen molar-refractivity contribution in [3.8, 4) is 0 Å². The normalized spacial score (nSPS) is 37.1. The van der Waals surface area contributed by atoms with Crippen LogP contribution >= 0.6 is 0 Å². The second kappa shape index (κ2) is 2.23. The van der Waals surface area contributed by atoms with Gasteiger partial charge in [0.25, 0.3) is 0 Å². The summed E-state index contributed by atoms with van der Waals surface area (Å²) in [6.07, 6.45) is 3.76. The van der Waals surface area contributed by atoms with Gasteiger partial charge < -0.3 is 9.94 Å². The van der Waals surface area contributed by atoms with Crippen LogP contribution in [0.5, 0.6) is 0 Å². The van der Waals surface area contributed by atoms with Crippen LogP contribution in [0, 0.1) is 5.92 Å². The molecular weight excluding hydrogens is 130 g/mol. The third kappa shape index (κ3) is 0.736. The maximum absolute atomic E-state index is 8.80. The predicted molar refractivity (Wildman–Crippen MR) is 36.7 cm³/mol. The Balaban J connectivity index is 2.10. The van der Waals surface area contributed by atoms with Crippen molar-refractivity contribution in [3.63, 3.8) is 0 Å². The largest absolute Gasteiger partial charge is 0.392 e. The topological polar surface area (TPSA) is 41.8 Å². The summed E-state index contributed by atoms with van der Waals surface area (Å²) in [5.41, 5.74) is 0.850. The van der Waals surface area contributed by atoms with Gasteiger partial charge >= 0.3 is 0 Å². The van der Waals surface area contributed by atoms with E-state index in [1.807, 2.05) is 0 Å². The number of aliphatic hydroxyl groups excluding tert-OH is 1. The van der Waals surface area contributed by atoms with Crippen molar-refractivity contribution in [1.29, 1.82) is 0 Å². The zero-order valence-corrected chi connectivity index (χ0v) is 5.79. The average Bonchev–Trinajstić information content (AvgIpc) is 2.44. The third-order valence-electron chi connectivity index (χ3n) is 2.35. The lowest BCUT2D eigenvalue weighted by Crippen LogP contribution is -2.19. The first-order valence-electron chi connectivity index (χ1n) is 3.75. The van der Waals surface area contributed by atoms with Gasteiger partial charge in [0.2, 0.25) is 0 Å². The van der Waals surface area contributed by atoms with Crippen LogP contribution in [-0.4, -0.2) is 23.5 Å². The number of nitrogens with zero attached hydrogens (tertiary/aromatic N) is 1. The van der Waals surface area contributed by atoms with E-state index in [1.54, 1.807) is 0 Å². The molecule has 3 heteroatoms. The van der Waals surface area contributed by atoms with Gasteiger partial charge in [0, 0.05) is 5.92 Å². The van der Waals surface area contributed by atoms with Gasteiger partial charge in [0.15, 0.2) is 0 Å². The highest BCUT2D eigenvalue weighted by atomic mass is 16.6. The van der Waals surface area contributed by atoms with E-state index in [-0.39, 0.29) is 6.61 Å². The quantitative estimate of drug-likeness (QED) is 0.579. The Bertz CT molecular complexity index is 167. The second-order valence-corrected chi connectivity index (χ2v) is 2.92. The average molecular weight is 141 g/mol. The smallest absolute Gasteiger partial charge is 0.135 e. The second-order valence-electron chi connectivity index (χ2n) is 2.92. The summed E-state index contributed by atoms with van der Waals surface area (Å²) in [7, 11) is 0. The number of aliphatic hydroxyl groups is 1. The first-order chi connectivity index (χ1) is 4.92. The lowest BCUT2D eigenvalue weighted by Gasteiger charge is -2.05. The summed E-state index contributed by atoms with van der Waals surface area (Å²) in [4.78, 5) is 5.11. The Morgan fingerprint density at radius 1 is 1.60 bits per heavy atom. The highest BCUT2D eigenvalue weighted by molar-refractivity contribution is 5.89. The van der Waals surface area contributed by atoms with Gasteiger partial charge in [0.1, 0.15) is 6.10 Å². The lowest BCUT2D eigenvalue weighted by molar-refractivity contribution is 0.0746. The van der Waals surface area contributed by atoms with Crippen LogP contribution in [-0.2, 0) is 4.84 Å². The molecule has 0 aromatic heterocycles. The van der Waals surface area contributed by atoms with Gasteiger partial charge in [-0.2, -0.15) is 0 Å². The van der Waals surface area contributed by atoms with E-state index < -0.39 is 0 Å². The molecule has 0 amide bonds. The molecule has 0 unspecified atom stereocenters. The maximum atomic E-state index is 8.80. The standard InChI is InChI=1S/C7H11NO2/c9-4-6-5-2-1-3-7(5)10-8-6/h5,7,9H,1-4H2/t5-,7-/m0/s1. The van der Waals surface area contributed by atoms with Crippen molar-refractivity contribution < 1.29 is 9.94 Å². The van der Waals surface area contributed by atoms with Crippen molar-refractivity contribution in [2.24, 2.45) is 11.1 Å². The fraction of sp³-hybridized carbons (Fsp3) is 0.857. The van der Waals surface area contributed by atoms with Gasteiger partial charge in [0.05, 0.1) is 12.3 Å². The summed E-state index contributed by atoms with van der Waals surface area (Å²) < 4.78 is 0. The Labute approximate surface area is 59.7 Å². The number of hydrogen-bond donors (Lipinski definition) is 1. The molecule has 1 N–H and O–H groups in total. The summed E-state index contributed by atoms with van der Waals surface area (Å²) in [6, 6.07) is 0. The van der Waals surface area contributed by atoms with Crippen molar-refractivity contribution in [1.82, 2.24) is 0 Å². The fourth-order valence-electron chi connectivity index (χ4n) is 1.78. The first-order valence-corrected chi connectivity index (χ1v) is 3.75. The van der Waals surface area contributed by atoms with Crippen LogP contribution in [0.3, 0.4) is 0 Å². The van der Waals surface area contributed by atoms with Crippen LogP contribution in [0.2, 0.25) is 0 Å². The Hall–Kier alpha value is -0.570. The minimum absolute atomic E-state index is 0.0706. The molecule has 0 aromatic carbocycles. The SMILES string of the molecule is OCC1=NO[C@H]2CCC[C@@H]12. The van der Waals surface area contributed by atoms with Gasteiger partial charge in [-0.05, 0) is 19.3 Å². The van der Waals surface area contributed by atoms with E-state index in [4.69, 9.17) is 9.94 Å². The minimum atomic E-state index is 0.0706. The van der Waals surface area contributed by atoms with Crippen LogP contribution in [0.25, 0.3) is 0 Å². The maximum Gasteiger partial charge on any atom is 0.135 e. The number of hydrogen-bond acceptors (Lipinski definition) is 3. The summed E-state index contributed by atoms with van der Waals surface area (Å²) in [6.45, 7) is 0.0706. The first kappa shape index (κ1) is 6.16. The molecule has 2 aliphatic rings. The Kier molecular flexibility index (Phi) is 1.38. The van der Waals surface area contributed by atoms with Crippen LogP contribution in [0.4, 0.5) is 0 Å². The summed E-state index contributed by atoms with van der Waals surface area (Å²) in [5.74, 6) is 0.435. The van der Waals surface area contributed by atoms with Crippen LogP contribution in [0.15, 0.2) is 5.16 Å². The molecule has 10 heavy (non-hydrogen) atoms. The van der Waals surface area contributed by atoms with E-state index >= 15 is 0 Å². The van der Waals surface area contributed by atoms with Crippen molar-refractivity contribution >= 4 is 5.71 Å². The number of fused-ring (bicyclic) bond motifs is 1. The van der Waals surface area contributed by atoms with E-state index in [0.717, 1.165) is 18.6 Å². The summed E-state index contributed by atoms with van der Waals surface area (Å²) in [5, 5.41) is 12.6. The van der Waals surface area contributed by atoms with Crippen LogP contribution < -0.4 is 0 Å². The molecule has 2 rings (SSSR count). The monoisotopic (exact) mass is 141 g/mol.